The van der Waals surface area contributed by atoms with Gasteiger partial charge in [-0.2, -0.15) is 0 Å². The average molecular weight is 83.1 g/mol. The van der Waals surface area contributed by atoms with Crippen LogP contribution >= 0.6 is 0 Å². The normalized spacial score (nSPS) is 11.2. The molecule has 0 aliphatic carbocycles. The van der Waals surface area contributed by atoms with Gasteiger partial charge in [-0.3, -0.25) is 0 Å². The minimum absolute atomic E-state index is 0.303. The molecule has 0 aliphatic rings. The van der Waals surface area contributed by atoms with Crippen molar-refractivity contribution in [1.82, 2.24) is 9.97 Å². The SMILES string of the molecule is [2H]c1c[nH]c(C)n1. The van der Waals surface area contributed by atoms with Crippen LogP contribution in [0.1, 0.15) is 7.20 Å². The first-order valence-corrected chi connectivity index (χ1v) is 1.77. The first kappa shape index (κ1) is 2.39. The van der Waals surface area contributed by atoms with Crippen LogP contribution in [0.3, 0.4) is 0 Å². The van der Waals surface area contributed by atoms with E-state index >= 15 is 0 Å². The molecule has 0 amide bonds. The molecule has 0 saturated heterocycles. The maximum Gasteiger partial charge on any atom is 0.102 e. The third kappa shape index (κ3) is 0.407. The molecule has 1 N–H and O–H groups in total. The summed E-state index contributed by atoms with van der Waals surface area (Å²) in [5.74, 6) is 0.796. The Balaban J connectivity index is 3.04. The molecule has 0 aliphatic heterocycles. The van der Waals surface area contributed by atoms with E-state index in [1.54, 1.807) is 6.20 Å². The van der Waals surface area contributed by atoms with Crippen molar-refractivity contribution in [1.29, 1.82) is 0 Å². The molecule has 2 heteroatoms. The predicted octanol–water partition coefficient (Wildman–Crippen LogP) is 0.718. The topological polar surface area (TPSA) is 28.7 Å². The standard InChI is InChI=1S/C4H6N2/c1-4-5-2-3-6-4/h2-3H,1H3,(H,5,6)/i2D. The fraction of sp³-hybridized carbons (Fsp3) is 0.250. The minimum Gasteiger partial charge on any atom is -0.349 e. The molecule has 1 heterocycles. The smallest absolute Gasteiger partial charge is 0.102 e. The number of hydrogen-bond acceptors (Lipinski definition) is 1. The summed E-state index contributed by atoms with van der Waals surface area (Å²) >= 11 is 0. The fourth-order valence-corrected chi connectivity index (χ4v) is 0.298. The van der Waals surface area contributed by atoms with Crippen molar-refractivity contribution in [3.05, 3.63) is 18.2 Å². The Bertz CT molecular complexity index is 142. The van der Waals surface area contributed by atoms with Gasteiger partial charge < -0.3 is 4.98 Å². The van der Waals surface area contributed by atoms with Gasteiger partial charge >= 0.3 is 0 Å². The van der Waals surface area contributed by atoms with Crippen molar-refractivity contribution in [3.63, 3.8) is 0 Å². The largest absolute Gasteiger partial charge is 0.349 e. The Morgan fingerprint density at radius 1 is 2.17 bits per heavy atom. The van der Waals surface area contributed by atoms with Gasteiger partial charge in [-0.05, 0) is 6.92 Å². The third-order valence-corrected chi connectivity index (χ3v) is 0.578. The van der Waals surface area contributed by atoms with E-state index in [1.165, 1.54) is 0 Å². The Kier molecular flexibility index (Phi) is 0.449. The van der Waals surface area contributed by atoms with Crippen LogP contribution in [0.15, 0.2) is 12.4 Å². The molecule has 0 fully saturated rings. The van der Waals surface area contributed by atoms with E-state index in [0.29, 0.717) is 6.17 Å². The second kappa shape index (κ2) is 1.12. The number of aromatic amines is 1. The highest BCUT2D eigenvalue weighted by Crippen LogP contribution is 1.78. The molecule has 2 nitrogen and oxygen atoms in total. The highest BCUT2D eigenvalue weighted by Gasteiger charge is 1.73. The maximum absolute atomic E-state index is 6.87. The monoisotopic (exact) mass is 83.1 g/mol. The van der Waals surface area contributed by atoms with E-state index in [-0.39, 0.29) is 0 Å². The van der Waals surface area contributed by atoms with Crippen molar-refractivity contribution in [2.75, 3.05) is 0 Å². The van der Waals surface area contributed by atoms with Crippen molar-refractivity contribution in [2.45, 2.75) is 6.92 Å². The predicted molar refractivity (Wildman–Crippen MR) is 23.3 cm³/mol. The number of imidazole rings is 1. The second-order valence-corrected chi connectivity index (χ2v) is 1.11. The van der Waals surface area contributed by atoms with Crippen LogP contribution in [0.2, 0.25) is 0 Å². The Morgan fingerprint density at radius 3 is 3.17 bits per heavy atom. The summed E-state index contributed by atoms with van der Waals surface area (Å²) < 4.78 is 6.87. The molecule has 6 heavy (non-hydrogen) atoms. The molecule has 32 valence electrons. The lowest BCUT2D eigenvalue weighted by atomic mass is 10.8. The molecule has 0 saturated carbocycles. The lowest BCUT2D eigenvalue weighted by Gasteiger charge is -1.68. The number of aryl methyl sites for hydroxylation is 1. The third-order valence-electron chi connectivity index (χ3n) is 0.578. The number of aromatic nitrogens is 2. The van der Waals surface area contributed by atoms with Crippen LogP contribution in [0.4, 0.5) is 0 Å². The molecule has 0 unspecified atom stereocenters. The summed E-state index contributed by atoms with van der Waals surface area (Å²) in [6.07, 6.45) is 1.85. The molecule has 0 radical (unpaired) electrons. The number of hydrogen-bond donors (Lipinski definition) is 1. The minimum atomic E-state index is 0.303. The first-order valence-electron chi connectivity index (χ1n) is 2.27. The van der Waals surface area contributed by atoms with E-state index in [4.69, 9.17) is 1.37 Å². The van der Waals surface area contributed by atoms with Crippen molar-refractivity contribution < 1.29 is 1.37 Å². The molecular weight excluding hydrogens is 76.1 g/mol. The van der Waals surface area contributed by atoms with Gasteiger partial charge in [-0.15, -0.1) is 0 Å². The molecule has 0 spiro atoms. The summed E-state index contributed by atoms with van der Waals surface area (Å²) in [4.78, 5) is 6.49. The number of nitrogens with one attached hydrogen (secondary N) is 1. The summed E-state index contributed by atoms with van der Waals surface area (Å²) in [5, 5.41) is 0. The van der Waals surface area contributed by atoms with E-state index in [2.05, 4.69) is 9.97 Å². The van der Waals surface area contributed by atoms with Gasteiger partial charge in [0.1, 0.15) is 5.82 Å². The molecule has 1 aromatic heterocycles. The van der Waals surface area contributed by atoms with Crippen LogP contribution in [0.5, 0.6) is 0 Å². The van der Waals surface area contributed by atoms with E-state index < -0.39 is 0 Å². The summed E-state index contributed by atoms with van der Waals surface area (Å²) in [6, 6.07) is 0. The van der Waals surface area contributed by atoms with Gasteiger partial charge in [0.15, 0.2) is 0 Å². The Hall–Kier alpha value is -0.790. The maximum atomic E-state index is 6.87. The van der Waals surface area contributed by atoms with E-state index in [9.17, 15) is 0 Å². The zero-order valence-electron chi connectivity index (χ0n) is 4.52. The molecule has 0 atom stereocenters. The van der Waals surface area contributed by atoms with E-state index in [1.807, 2.05) is 6.92 Å². The molecule has 1 aromatic rings. The van der Waals surface area contributed by atoms with Crippen molar-refractivity contribution in [3.8, 4) is 0 Å². The van der Waals surface area contributed by atoms with Crippen molar-refractivity contribution in [2.24, 2.45) is 0 Å². The van der Waals surface area contributed by atoms with Crippen LogP contribution in [-0.2, 0) is 0 Å². The average Bonchev–Trinajstić information content (AvgIpc) is 1.87. The van der Waals surface area contributed by atoms with Gasteiger partial charge in [-0.25, -0.2) is 4.98 Å². The number of nitrogens with zero attached hydrogens (tertiary/aromatic N) is 1. The summed E-state index contributed by atoms with van der Waals surface area (Å²) in [7, 11) is 0. The van der Waals surface area contributed by atoms with Gasteiger partial charge in [0, 0.05) is 12.4 Å². The van der Waals surface area contributed by atoms with Crippen LogP contribution < -0.4 is 0 Å². The van der Waals surface area contributed by atoms with Gasteiger partial charge in [0.2, 0.25) is 0 Å². The van der Waals surface area contributed by atoms with Gasteiger partial charge in [0.25, 0.3) is 0 Å². The number of H-pyrrole nitrogens is 1. The summed E-state index contributed by atoms with van der Waals surface area (Å²) in [6.45, 7) is 1.82. The van der Waals surface area contributed by atoms with E-state index in [0.717, 1.165) is 5.82 Å². The van der Waals surface area contributed by atoms with Crippen LogP contribution in [0.25, 0.3) is 0 Å². The van der Waals surface area contributed by atoms with Crippen molar-refractivity contribution >= 4 is 0 Å². The summed E-state index contributed by atoms with van der Waals surface area (Å²) in [5.41, 5.74) is 0. The Morgan fingerprint density at radius 2 is 3.00 bits per heavy atom. The Labute approximate surface area is 37.6 Å². The van der Waals surface area contributed by atoms with Gasteiger partial charge in [-0.1, -0.05) is 0 Å². The lowest BCUT2D eigenvalue weighted by Crippen LogP contribution is -1.66. The fourth-order valence-electron chi connectivity index (χ4n) is 0.298. The molecular formula is C4H6N2. The zero-order valence-corrected chi connectivity index (χ0v) is 3.52. The van der Waals surface area contributed by atoms with Gasteiger partial charge in [0.05, 0.1) is 1.37 Å². The molecule has 1 rings (SSSR count). The zero-order chi connectivity index (χ0) is 5.28. The second-order valence-electron chi connectivity index (χ2n) is 1.11. The van der Waals surface area contributed by atoms with Crippen LogP contribution in [0, 0.1) is 6.92 Å². The quantitative estimate of drug-likeness (QED) is 0.492. The van der Waals surface area contributed by atoms with Crippen LogP contribution in [-0.4, -0.2) is 9.97 Å². The first-order chi connectivity index (χ1) is 3.29. The lowest BCUT2D eigenvalue weighted by molar-refractivity contribution is 1.15. The molecule has 0 bridgehead atoms. The highest BCUT2D eigenvalue weighted by molar-refractivity contribution is 4.80. The highest BCUT2D eigenvalue weighted by atomic mass is 14.9. The number of rotatable bonds is 0. The molecule has 0 aromatic carbocycles.